The highest BCUT2D eigenvalue weighted by Crippen LogP contribution is 2.46. The number of ether oxygens (including phenoxy) is 1. The summed E-state index contributed by atoms with van der Waals surface area (Å²) in [5.74, 6) is 0. The minimum absolute atomic E-state index is 0.105. The van der Waals surface area contributed by atoms with E-state index in [0.717, 1.165) is 51.1 Å². The molecule has 2 aliphatic rings. The third-order valence-electron chi connectivity index (χ3n) is 5.93. The lowest BCUT2D eigenvalue weighted by Gasteiger charge is -2.47. The topological polar surface area (TPSA) is 43.2 Å². The van der Waals surface area contributed by atoms with E-state index in [4.69, 9.17) is 4.74 Å². The summed E-state index contributed by atoms with van der Waals surface area (Å²) in [7, 11) is 0. The van der Waals surface area contributed by atoms with Gasteiger partial charge >= 0.3 is 0 Å². The van der Waals surface area contributed by atoms with Crippen LogP contribution in [0.4, 0.5) is 4.39 Å². The molecule has 0 radical (unpaired) electrons. The van der Waals surface area contributed by atoms with Crippen molar-refractivity contribution < 1.29 is 9.13 Å². The quantitative estimate of drug-likeness (QED) is 0.752. The largest absolute Gasteiger partial charge is 0.370 e. The number of thiophene rings is 1. The highest BCUT2D eigenvalue weighted by molar-refractivity contribution is 7.12. The Morgan fingerprint density at radius 3 is 3.11 bits per heavy atom. The van der Waals surface area contributed by atoms with Crippen LogP contribution in [0.25, 0.3) is 0 Å². The number of aromatic nitrogens is 3. The lowest BCUT2D eigenvalue weighted by molar-refractivity contribution is -0.112. The zero-order chi connectivity index (χ0) is 18.9. The summed E-state index contributed by atoms with van der Waals surface area (Å²) in [5, 5.41) is 8.39. The van der Waals surface area contributed by atoms with Crippen molar-refractivity contribution in [2.75, 3.05) is 19.8 Å². The molecule has 0 amide bonds. The smallest absolute Gasteiger partial charge is 0.0969 e. The van der Waals surface area contributed by atoms with E-state index in [9.17, 15) is 4.39 Å². The number of hydrogen-bond acceptors (Lipinski definition) is 5. The Balaban J connectivity index is 1.44. The number of likely N-dealkylation sites (tertiary alicyclic amines) is 1. The van der Waals surface area contributed by atoms with Gasteiger partial charge in [0.1, 0.15) is 0 Å². The highest BCUT2D eigenvalue weighted by atomic mass is 32.1. The van der Waals surface area contributed by atoms with Gasteiger partial charge in [-0.1, -0.05) is 12.1 Å². The molecule has 148 valence electrons. The normalized spacial score (nSPS) is 25.8. The van der Waals surface area contributed by atoms with Gasteiger partial charge in [-0.2, -0.15) is 0 Å². The number of piperidine rings is 1. The fourth-order valence-corrected chi connectivity index (χ4v) is 5.64. The van der Waals surface area contributed by atoms with Crippen molar-refractivity contribution >= 4 is 11.3 Å². The van der Waals surface area contributed by atoms with Crippen molar-refractivity contribution in [3.05, 3.63) is 33.3 Å². The number of halogens is 1. The number of aryl methyl sites for hydroxylation is 2. The molecule has 4 rings (SSSR count). The third-order valence-corrected chi connectivity index (χ3v) is 7.27. The summed E-state index contributed by atoms with van der Waals surface area (Å²) in [4.78, 5) is 5.49. The number of nitrogens with zero attached hydrogens (tertiary/aromatic N) is 4. The zero-order valence-electron chi connectivity index (χ0n) is 16.3. The zero-order valence-corrected chi connectivity index (χ0v) is 17.1. The lowest BCUT2D eigenvalue weighted by atomic mass is 9.79. The Morgan fingerprint density at radius 1 is 1.44 bits per heavy atom. The number of hydrogen-bond donors (Lipinski definition) is 0. The van der Waals surface area contributed by atoms with Gasteiger partial charge in [-0.05, 0) is 44.2 Å². The fourth-order valence-electron chi connectivity index (χ4n) is 4.46. The number of rotatable bonds is 6. The summed E-state index contributed by atoms with van der Waals surface area (Å²) < 4.78 is 20.5. The van der Waals surface area contributed by atoms with Crippen molar-refractivity contribution in [2.24, 2.45) is 0 Å². The van der Waals surface area contributed by atoms with E-state index in [2.05, 4.69) is 35.1 Å². The van der Waals surface area contributed by atoms with Gasteiger partial charge in [-0.25, -0.2) is 0 Å². The maximum absolute atomic E-state index is 12.3. The van der Waals surface area contributed by atoms with Crippen LogP contribution in [-0.2, 0) is 36.3 Å². The van der Waals surface area contributed by atoms with Crippen molar-refractivity contribution in [3.63, 3.8) is 0 Å². The Labute approximate surface area is 164 Å². The van der Waals surface area contributed by atoms with Crippen LogP contribution in [0.1, 0.15) is 54.1 Å². The number of fused-ring (bicyclic) bond motifs is 2. The van der Waals surface area contributed by atoms with E-state index in [1.165, 1.54) is 15.3 Å². The van der Waals surface area contributed by atoms with Crippen LogP contribution in [0, 0.1) is 0 Å². The molecule has 1 fully saturated rings. The first-order valence-corrected chi connectivity index (χ1v) is 10.9. The van der Waals surface area contributed by atoms with Gasteiger partial charge < -0.3 is 4.74 Å². The molecular formula is C20H29FN4OS. The van der Waals surface area contributed by atoms with E-state index in [1.807, 2.05) is 17.5 Å². The fraction of sp³-hybridized carbons (Fsp3) is 0.700. The molecule has 2 atom stereocenters. The monoisotopic (exact) mass is 392 g/mol. The Bertz CT molecular complexity index is 776. The molecule has 1 spiro atoms. The molecule has 0 bridgehead atoms. The van der Waals surface area contributed by atoms with Crippen LogP contribution in [0.5, 0.6) is 0 Å². The third kappa shape index (κ3) is 3.82. The van der Waals surface area contributed by atoms with Gasteiger partial charge in [-0.15, -0.1) is 16.4 Å². The van der Waals surface area contributed by atoms with Crippen LogP contribution in [0.3, 0.4) is 0 Å². The first kappa shape index (κ1) is 19.0. The molecular weight excluding hydrogens is 363 g/mol. The molecule has 27 heavy (non-hydrogen) atoms. The Hall–Kier alpha value is -1.31. The van der Waals surface area contributed by atoms with Crippen molar-refractivity contribution in [2.45, 2.75) is 70.7 Å². The summed E-state index contributed by atoms with van der Waals surface area (Å²) in [6.07, 6.45) is 6.66. The molecule has 0 aromatic carbocycles. The molecule has 4 heterocycles. The van der Waals surface area contributed by atoms with E-state index < -0.39 is 0 Å². The maximum Gasteiger partial charge on any atom is 0.0969 e. The van der Waals surface area contributed by atoms with Crippen molar-refractivity contribution in [3.8, 4) is 0 Å². The van der Waals surface area contributed by atoms with Gasteiger partial charge in [0.05, 0.1) is 24.6 Å². The van der Waals surface area contributed by atoms with Gasteiger partial charge in [0, 0.05) is 48.0 Å². The average molecular weight is 393 g/mol. The van der Waals surface area contributed by atoms with Gasteiger partial charge in [-0.3, -0.25) is 14.0 Å². The molecule has 5 nitrogen and oxygen atoms in total. The maximum atomic E-state index is 12.3. The minimum Gasteiger partial charge on any atom is -0.370 e. The molecule has 2 aliphatic heterocycles. The molecule has 0 unspecified atom stereocenters. The van der Waals surface area contributed by atoms with Crippen LogP contribution < -0.4 is 0 Å². The van der Waals surface area contributed by atoms with Crippen LogP contribution in [-0.4, -0.2) is 45.8 Å². The molecule has 2 aromatic rings. The molecule has 2 aromatic heterocycles. The summed E-state index contributed by atoms with van der Waals surface area (Å²) >= 11 is 1.98. The van der Waals surface area contributed by atoms with E-state index in [1.54, 1.807) is 4.68 Å². The molecule has 7 heteroatoms. The van der Waals surface area contributed by atoms with Crippen LogP contribution >= 0.6 is 11.3 Å². The second kappa shape index (κ2) is 7.97. The Morgan fingerprint density at radius 2 is 2.33 bits per heavy atom. The van der Waals surface area contributed by atoms with Gasteiger partial charge in [0.15, 0.2) is 0 Å². The second-order valence-corrected chi connectivity index (χ2v) is 9.01. The Kier molecular flexibility index (Phi) is 5.62. The van der Waals surface area contributed by atoms with Gasteiger partial charge in [0.2, 0.25) is 0 Å². The van der Waals surface area contributed by atoms with E-state index in [0.29, 0.717) is 19.0 Å². The first-order valence-electron chi connectivity index (χ1n) is 10.1. The van der Waals surface area contributed by atoms with Crippen LogP contribution in [0.2, 0.25) is 0 Å². The van der Waals surface area contributed by atoms with Crippen molar-refractivity contribution in [1.29, 1.82) is 0 Å². The summed E-state index contributed by atoms with van der Waals surface area (Å²) in [5.41, 5.74) is 2.32. The second-order valence-electron chi connectivity index (χ2n) is 7.78. The highest BCUT2D eigenvalue weighted by Gasteiger charge is 2.44. The van der Waals surface area contributed by atoms with Crippen LogP contribution in [0.15, 0.2) is 12.3 Å². The predicted octanol–water partition coefficient (Wildman–Crippen LogP) is 3.71. The molecule has 0 aliphatic carbocycles. The van der Waals surface area contributed by atoms with Gasteiger partial charge in [0.25, 0.3) is 0 Å². The predicted molar refractivity (Wildman–Crippen MR) is 105 cm³/mol. The standard InChI is InChI=1S/C20H29FN4OS/c1-3-17-11-18-19(27-17)5-10-26-20(18)6-9-24(15(2)12-20)13-16-14-25(23-22-16)8-4-7-21/h11,14-15H,3-10,12-13H2,1-2H3/t15-,20+/m0/s1. The molecule has 0 saturated carbocycles. The van der Waals surface area contributed by atoms with E-state index >= 15 is 0 Å². The molecule has 1 saturated heterocycles. The summed E-state index contributed by atoms with van der Waals surface area (Å²) in [6, 6.07) is 2.82. The van der Waals surface area contributed by atoms with Crippen molar-refractivity contribution in [1.82, 2.24) is 19.9 Å². The summed E-state index contributed by atoms with van der Waals surface area (Å²) in [6.45, 7) is 7.43. The molecule has 0 N–H and O–H groups in total. The SMILES string of the molecule is CCc1cc2c(s1)CCO[C@@]21CCN(Cc2cn(CCCF)nn2)[C@@H](C)C1. The average Bonchev–Trinajstić information content (AvgIpc) is 3.30. The minimum atomic E-state index is -0.315. The lowest BCUT2D eigenvalue weighted by Crippen LogP contribution is -2.50. The first-order chi connectivity index (χ1) is 13.1. The van der Waals surface area contributed by atoms with E-state index in [-0.39, 0.29) is 12.3 Å². The number of alkyl halides is 1.